The molecule has 5 aromatic carbocycles. The summed E-state index contributed by atoms with van der Waals surface area (Å²) in [6.45, 7) is 13.0. The maximum Gasteiger partial charge on any atom is 0.220 e. The van der Waals surface area contributed by atoms with Gasteiger partial charge in [0.05, 0.1) is 53.7 Å². The monoisotopic (exact) mass is 972 g/mol. The highest BCUT2D eigenvalue weighted by Crippen LogP contribution is 2.50. The molecule has 2 aliphatic rings. The molecule has 1 saturated heterocycles. The molecule has 382 valence electrons. The minimum absolute atomic E-state index is 0.167. The van der Waals surface area contributed by atoms with Crippen molar-refractivity contribution in [2.75, 3.05) is 87.5 Å². The molecule has 1 aliphatic heterocycles. The molecule has 0 radical (unpaired) electrons. The van der Waals surface area contributed by atoms with Gasteiger partial charge in [-0.25, -0.2) is 0 Å². The lowest BCUT2D eigenvalue weighted by Gasteiger charge is -2.39. The highest BCUT2D eigenvalue weighted by atomic mass is 16.5. The van der Waals surface area contributed by atoms with E-state index in [0.717, 1.165) is 75.3 Å². The van der Waals surface area contributed by atoms with Crippen LogP contribution in [0, 0.1) is 0 Å². The van der Waals surface area contributed by atoms with Crippen LogP contribution in [0.15, 0.2) is 126 Å². The normalized spacial score (nSPS) is 15.4. The van der Waals surface area contributed by atoms with Crippen LogP contribution in [0.1, 0.15) is 79.9 Å². The first-order chi connectivity index (χ1) is 34.6. The summed E-state index contributed by atoms with van der Waals surface area (Å²) in [5.74, 6) is 1.60. The van der Waals surface area contributed by atoms with E-state index in [-0.39, 0.29) is 48.4 Å². The Morgan fingerprint density at radius 3 is 1.75 bits per heavy atom. The van der Waals surface area contributed by atoms with Crippen molar-refractivity contribution in [3.63, 3.8) is 0 Å². The van der Waals surface area contributed by atoms with Crippen LogP contribution in [0.3, 0.4) is 0 Å². The first-order valence-corrected chi connectivity index (χ1v) is 24.9. The minimum Gasteiger partial charge on any atom is -0.493 e. The van der Waals surface area contributed by atoms with Gasteiger partial charge in [0, 0.05) is 70.4 Å². The number of benzene rings is 4. The van der Waals surface area contributed by atoms with Crippen molar-refractivity contribution >= 4 is 12.0 Å². The molecule has 0 bridgehead atoms. The first-order valence-electron chi connectivity index (χ1n) is 24.9. The van der Waals surface area contributed by atoms with Crippen molar-refractivity contribution in [1.29, 1.82) is 0 Å². The molecule has 3 atom stereocenters. The number of nitrogens with zero attached hydrogens (tertiary/aromatic N) is 2. The standard InChI is InChI=1S/C26H28N2.C22H25NO6.C10H24N2O2/c1-4-11-23(12-5-1)13-10-18-27-19-21-28(22-20-27)26(24-14-6-2-7-15-24)25-16-8-3-9-17-25;1-12(24)23-16-8-6-13-10-19(27-3)21(28-4)22(29-5)20(13)14-7-9-18(26-2)17(25)11-15(14)16;1-3-9(7-13)11-5-6-12-10(4-2)8-14/h1-17,26H,18-22H2;7,9-11,16H,6,8H2,1-5H3,(H,23,24);9-14H,3-8H2,1-2H3/b13-10+;;/t;16-;9-,10-/m.00/s1. The number of carbonyl (C=O) groups excluding carboxylic acids is 1. The molecule has 0 unspecified atom stereocenters. The lowest BCUT2D eigenvalue weighted by atomic mass is 9.95. The molecule has 7 rings (SSSR count). The third kappa shape index (κ3) is 16.2. The van der Waals surface area contributed by atoms with Gasteiger partial charge in [-0.1, -0.05) is 123 Å². The van der Waals surface area contributed by atoms with Crippen LogP contribution >= 0.6 is 0 Å². The number of aliphatic hydroxyl groups excluding tert-OH is 2. The van der Waals surface area contributed by atoms with E-state index < -0.39 is 0 Å². The zero-order chi connectivity index (χ0) is 51.0. The van der Waals surface area contributed by atoms with Crippen molar-refractivity contribution in [3.05, 3.63) is 159 Å². The smallest absolute Gasteiger partial charge is 0.220 e. The average Bonchev–Trinajstić information content (AvgIpc) is 3.65. The number of rotatable bonds is 20. The predicted molar refractivity (Wildman–Crippen MR) is 286 cm³/mol. The zero-order valence-electron chi connectivity index (χ0n) is 42.9. The second-order valence-corrected chi connectivity index (χ2v) is 17.6. The Hall–Kier alpha value is -6.06. The van der Waals surface area contributed by atoms with Gasteiger partial charge in [-0.3, -0.25) is 19.4 Å². The van der Waals surface area contributed by atoms with Gasteiger partial charge in [0.25, 0.3) is 0 Å². The lowest BCUT2D eigenvalue weighted by Crippen LogP contribution is -2.47. The van der Waals surface area contributed by atoms with Crippen molar-refractivity contribution in [3.8, 4) is 34.1 Å². The topological polar surface area (TPSA) is 154 Å². The van der Waals surface area contributed by atoms with Crippen LogP contribution in [0.2, 0.25) is 0 Å². The number of carbonyl (C=O) groups is 1. The van der Waals surface area contributed by atoms with Crippen LogP contribution in [0.5, 0.6) is 23.0 Å². The summed E-state index contributed by atoms with van der Waals surface area (Å²) in [5, 5.41) is 27.2. The molecular weight excluding hydrogens is 895 g/mol. The Labute approximate surface area is 421 Å². The maximum absolute atomic E-state index is 12.6. The fourth-order valence-electron chi connectivity index (χ4n) is 9.08. The van der Waals surface area contributed by atoms with Gasteiger partial charge in [0.2, 0.25) is 17.1 Å². The molecule has 0 aromatic heterocycles. The maximum atomic E-state index is 12.6. The molecule has 5 N–H and O–H groups in total. The molecule has 0 saturated carbocycles. The number of amides is 1. The summed E-state index contributed by atoms with van der Waals surface area (Å²) in [4.78, 5) is 29.7. The molecule has 1 fully saturated rings. The predicted octanol–water partition coefficient (Wildman–Crippen LogP) is 7.69. The number of aryl methyl sites for hydroxylation is 1. The number of fused-ring (bicyclic) bond motifs is 3. The third-order valence-electron chi connectivity index (χ3n) is 13.0. The summed E-state index contributed by atoms with van der Waals surface area (Å²) >= 11 is 0. The van der Waals surface area contributed by atoms with E-state index >= 15 is 0 Å². The lowest BCUT2D eigenvalue weighted by molar-refractivity contribution is -0.119. The van der Waals surface area contributed by atoms with Crippen molar-refractivity contribution < 1.29 is 34.0 Å². The fourth-order valence-corrected chi connectivity index (χ4v) is 9.08. The van der Waals surface area contributed by atoms with Crippen molar-refractivity contribution in [1.82, 2.24) is 25.8 Å². The quantitative estimate of drug-likeness (QED) is 0.0487. The van der Waals surface area contributed by atoms with E-state index in [1.807, 2.05) is 26.0 Å². The SMILES string of the molecule is C(=C\c1ccccc1)/CN1CCN(C(c2ccccc2)c2ccccc2)CC1.CC[C@@H](CO)NCCN[C@@H](CC)CO.COc1cc2c(c(OC)c1OC)-c1ccc(OC)c(=O)cc1[C@@H](NC(C)=O)CC2. The molecule has 1 heterocycles. The van der Waals surface area contributed by atoms with Crippen LogP contribution in [0.4, 0.5) is 0 Å². The van der Waals surface area contributed by atoms with E-state index in [1.165, 1.54) is 36.8 Å². The van der Waals surface area contributed by atoms with Gasteiger partial charge in [-0.15, -0.1) is 0 Å². The van der Waals surface area contributed by atoms with Crippen molar-refractivity contribution in [2.24, 2.45) is 0 Å². The van der Waals surface area contributed by atoms with E-state index in [1.54, 1.807) is 27.4 Å². The van der Waals surface area contributed by atoms with Crippen LogP contribution in [-0.2, 0) is 11.2 Å². The summed E-state index contributed by atoms with van der Waals surface area (Å²) in [5.41, 5.74) is 7.04. The summed E-state index contributed by atoms with van der Waals surface area (Å²) in [7, 11) is 6.14. The Balaban J connectivity index is 0.000000211. The molecule has 5 aromatic rings. The number of nitrogens with one attached hydrogen (secondary N) is 3. The number of hydrogen-bond acceptors (Lipinski definition) is 12. The van der Waals surface area contributed by atoms with Crippen LogP contribution in [-0.4, -0.2) is 125 Å². The molecule has 1 aliphatic carbocycles. The zero-order valence-corrected chi connectivity index (χ0v) is 42.9. The third-order valence-corrected chi connectivity index (χ3v) is 13.0. The fraction of sp³-hybridized carbons (Fsp3) is 0.414. The van der Waals surface area contributed by atoms with E-state index in [0.29, 0.717) is 41.7 Å². The van der Waals surface area contributed by atoms with Crippen LogP contribution in [0.25, 0.3) is 17.2 Å². The molecular formula is C58H77N5O8. The Kier molecular flexibility index (Phi) is 23.6. The number of piperazine rings is 1. The summed E-state index contributed by atoms with van der Waals surface area (Å²) in [6, 6.07) is 39.7. The number of methoxy groups -OCH3 is 4. The van der Waals surface area contributed by atoms with E-state index in [4.69, 9.17) is 29.2 Å². The van der Waals surface area contributed by atoms with Gasteiger partial charge in [-0.05, 0) is 77.3 Å². The van der Waals surface area contributed by atoms with Gasteiger partial charge in [-0.2, -0.15) is 0 Å². The molecule has 0 spiro atoms. The molecule has 13 nitrogen and oxygen atoms in total. The van der Waals surface area contributed by atoms with Gasteiger partial charge in [0.1, 0.15) is 0 Å². The second kappa shape index (κ2) is 30.0. The number of aliphatic hydroxyl groups is 2. The van der Waals surface area contributed by atoms with Gasteiger partial charge < -0.3 is 45.1 Å². The minimum atomic E-state index is -0.332. The van der Waals surface area contributed by atoms with Crippen molar-refractivity contribution in [2.45, 2.75) is 70.6 Å². The highest BCUT2D eigenvalue weighted by Gasteiger charge is 2.30. The van der Waals surface area contributed by atoms with Gasteiger partial charge in [0.15, 0.2) is 17.2 Å². The largest absolute Gasteiger partial charge is 0.493 e. The summed E-state index contributed by atoms with van der Waals surface area (Å²) in [6.07, 6.45) is 7.66. The Morgan fingerprint density at radius 2 is 1.25 bits per heavy atom. The number of hydrogen-bond donors (Lipinski definition) is 5. The van der Waals surface area contributed by atoms with E-state index in [9.17, 15) is 9.59 Å². The summed E-state index contributed by atoms with van der Waals surface area (Å²) < 4.78 is 22.0. The Bertz CT molecular complexity index is 2370. The second-order valence-electron chi connectivity index (χ2n) is 17.6. The number of ether oxygens (including phenoxy) is 4. The molecule has 13 heteroatoms. The first kappa shape index (κ1) is 55.9. The molecule has 71 heavy (non-hydrogen) atoms. The highest BCUT2D eigenvalue weighted by molar-refractivity contribution is 5.83. The average molecular weight is 972 g/mol. The van der Waals surface area contributed by atoms with Crippen LogP contribution < -0.4 is 40.3 Å². The molecule has 1 amide bonds. The van der Waals surface area contributed by atoms with Gasteiger partial charge >= 0.3 is 0 Å². The van der Waals surface area contributed by atoms with E-state index in [2.05, 4.69) is 129 Å². The Morgan fingerprint density at radius 1 is 0.704 bits per heavy atom.